The topological polar surface area (TPSA) is 71.7 Å². The summed E-state index contributed by atoms with van der Waals surface area (Å²) in [6.45, 7) is 5.11. The molecular formula is C16H21BrN4O2. The predicted octanol–water partition coefficient (Wildman–Crippen LogP) is 2.93. The van der Waals surface area contributed by atoms with Gasteiger partial charge < -0.3 is 19.9 Å². The third kappa shape index (κ3) is 4.48. The number of nitrogens with one attached hydrogen (secondary N) is 2. The van der Waals surface area contributed by atoms with Gasteiger partial charge in [0.05, 0.1) is 17.3 Å². The highest BCUT2D eigenvalue weighted by Gasteiger charge is 2.09. The van der Waals surface area contributed by atoms with Crippen molar-refractivity contribution in [3.8, 4) is 5.75 Å². The molecule has 23 heavy (non-hydrogen) atoms. The van der Waals surface area contributed by atoms with E-state index in [1.807, 2.05) is 32.0 Å². The molecule has 0 bridgehead atoms. The van der Waals surface area contributed by atoms with Crippen LogP contribution in [0.3, 0.4) is 0 Å². The number of aryl methyl sites for hydroxylation is 2. The SMILES string of the molecule is CN=C(NCc1ccc(OC)c(Br)c1)NCc1c(C)noc1C. The Hall–Kier alpha value is -2.02. The molecule has 2 N–H and O–H groups in total. The van der Waals surface area contributed by atoms with Gasteiger partial charge in [-0.3, -0.25) is 4.99 Å². The molecule has 0 fully saturated rings. The maximum atomic E-state index is 5.23. The molecule has 0 saturated carbocycles. The van der Waals surface area contributed by atoms with E-state index in [0.29, 0.717) is 13.1 Å². The zero-order valence-corrected chi connectivity index (χ0v) is 15.3. The van der Waals surface area contributed by atoms with Gasteiger partial charge in [-0.2, -0.15) is 0 Å². The lowest BCUT2D eigenvalue weighted by Crippen LogP contribution is -2.36. The molecule has 1 aromatic heterocycles. The van der Waals surface area contributed by atoms with Crippen molar-refractivity contribution in [3.63, 3.8) is 0 Å². The molecule has 0 saturated heterocycles. The minimum absolute atomic E-state index is 0.618. The monoisotopic (exact) mass is 380 g/mol. The number of ether oxygens (including phenoxy) is 1. The van der Waals surface area contributed by atoms with E-state index in [4.69, 9.17) is 9.26 Å². The van der Waals surface area contributed by atoms with Crippen LogP contribution in [0, 0.1) is 13.8 Å². The van der Waals surface area contributed by atoms with E-state index in [9.17, 15) is 0 Å². The van der Waals surface area contributed by atoms with Gasteiger partial charge in [0.1, 0.15) is 11.5 Å². The summed E-state index contributed by atoms with van der Waals surface area (Å²) in [5.41, 5.74) is 3.07. The molecular weight excluding hydrogens is 360 g/mol. The number of aliphatic imine (C=N–C) groups is 1. The van der Waals surface area contributed by atoms with Gasteiger partial charge >= 0.3 is 0 Å². The van der Waals surface area contributed by atoms with Crippen molar-refractivity contribution in [2.75, 3.05) is 14.2 Å². The number of nitrogens with zero attached hydrogens (tertiary/aromatic N) is 2. The number of rotatable bonds is 5. The lowest BCUT2D eigenvalue weighted by molar-refractivity contribution is 0.392. The molecule has 0 aliphatic carbocycles. The van der Waals surface area contributed by atoms with Crippen LogP contribution >= 0.6 is 15.9 Å². The minimum Gasteiger partial charge on any atom is -0.496 e. The smallest absolute Gasteiger partial charge is 0.191 e. The van der Waals surface area contributed by atoms with E-state index >= 15 is 0 Å². The van der Waals surface area contributed by atoms with E-state index in [0.717, 1.165) is 38.8 Å². The fourth-order valence-corrected chi connectivity index (χ4v) is 2.74. The Labute approximate surface area is 144 Å². The lowest BCUT2D eigenvalue weighted by Gasteiger charge is -2.12. The fraction of sp³-hybridized carbons (Fsp3) is 0.375. The number of halogens is 1. The number of benzene rings is 1. The van der Waals surface area contributed by atoms with Gasteiger partial charge in [-0.05, 0) is 47.5 Å². The van der Waals surface area contributed by atoms with Crippen molar-refractivity contribution in [3.05, 3.63) is 45.3 Å². The average molecular weight is 381 g/mol. The van der Waals surface area contributed by atoms with Crippen LogP contribution in [0.4, 0.5) is 0 Å². The Morgan fingerprint density at radius 3 is 2.61 bits per heavy atom. The summed E-state index contributed by atoms with van der Waals surface area (Å²) in [5, 5.41) is 10.5. The summed E-state index contributed by atoms with van der Waals surface area (Å²) < 4.78 is 11.3. The van der Waals surface area contributed by atoms with Crippen molar-refractivity contribution < 1.29 is 9.26 Å². The predicted molar refractivity (Wildman–Crippen MR) is 93.7 cm³/mol. The van der Waals surface area contributed by atoms with Gasteiger partial charge in [0.2, 0.25) is 0 Å². The normalized spacial score (nSPS) is 11.4. The first kappa shape index (κ1) is 17.3. The van der Waals surface area contributed by atoms with Crippen LogP contribution in [0.5, 0.6) is 5.75 Å². The zero-order valence-electron chi connectivity index (χ0n) is 13.7. The molecule has 2 aromatic rings. The van der Waals surface area contributed by atoms with Gasteiger partial charge in [-0.25, -0.2) is 0 Å². The van der Waals surface area contributed by atoms with Crippen molar-refractivity contribution >= 4 is 21.9 Å². The summed E-state index contributed by atoms with van der Waals surface area (Å²) in [7, 11) is 3.39. The van der Waals surface area contributed by atoms with Crippen LogP contribution in [0.25, 0.3) is 0 Å². The van der Waals surface area contributed by atoms with Gasteiger partial charge in [-0.15, -0.1) is 0 Å². The summed E-state index contributed by atoms with van der Waals surface area (Å²) in [6.07, 6.45) is 0. The van der Waals surface area contributed by atoms with Gasteiger partial charge in [0.25, 0.3) is 0 Å². The van der Waals surface area contributed by atoms with Gasteiger partial charge in [0.15, 0.2) is 5.96 Å². The van der Waals surface area contributed by atoms with E-state index in [-0.39, 0.29) is 0 Å². The Balaban J connectivity index is 1.92. The molecule has 6 nitrogen and oxygen atoms in total. The molecule has 0 spiro atoms. The number of aromatic nitrogens is 1. The first-order chi connectivity index (χ1) is 11.0. The van der Waals surface area contributed by atoms with Gasteiger partial charge in [-0.1, -0.05) is 11.2 Å². The number of hydrogen-bond donors (Lipinski definition) is 2. The summed E-state index contributed by atoms with van der Waals surface area (Å²) >= 11 is 3.49. The molecule has 0 aliphatic heterocycles. The largest absolute Gasteiger partial charge is 0.496 e. The van der Waals surface area contributed by atoms with Crippen LogP contribution in [0.1, 0.15) is 22.6 Å². The minimum atomic E-state index is 0.618. The summed E-state index contributed by atoms with van der Waals surface area (Å²) in [6, 6.07) is 5.97. The molecule has 7 heteroatoms. The molecule has 1 aromatic carbocycles. The lowest BCUT2D eigenvalue weighted by atomic mass is 10.2. The van der Waals surface area contributed by atoms with E-state index in [1.165, 1.54) is 0 Å². The molecule has 1 heterocycles. The second-order valence-electron chi connectivity index (χ2n) is 5.05. The van der Waals surface area contributed by atoms with E-state index < -0.39 is 0 Å². The van der Waals surface area contributed by atoms with Crippen LogP contribution in [-0.2, 0) is 13.1 Å². The van der Waals surface area contributed by atoms with Gasteiger partial charge in [0, 0.05) is 25.7 Å². The summed E-state index contributed by atoms with van der Waals surface area (Å²) in [4.78, 5) is 4.23. The number of guanidine groups is 1. The Morgan fingerprint density at radius 2 is 2.04 bits per heavy atom. The highest BCUT2D eigenvalue weighted by Crippen LogP contribution is 2.25. The highest BCUT2D eigenvalue weighted by atomic mass is 79.9. The van der Waals surface area contributed by atoms with Crippen molar-refractivity contribution in [1.82, 2.24) is 15.8 Å². The quantitative estimate of drug-likeness (QED) is 0.616. The molecule has 0 unspecified atom stereocenters. The Kier molecular flexibility index (Phi) is 6.04. The first-order valence-electron chi connectivity index (χ1n) is 7.23. The second kappa shape index (κ2) is 8.01. The van der Waals surface area contributed by atoms with Crippen LogP contribution in [0.15, 0.2) is 32.2 Å². The molecule has 0 atom stereocenters. The van der Waals surface area contributed by atoms with Crippen molar-refractivity contribution in [2.45, 2.75) is 26.9 Å². The Bertz CT molecular complexity index is 678. The molecule has 124 valence electrons. The van der Waals surface area contributed by atoms with E-state index in [2.05, 4.69) is 36.7 Å². The fourth-order valence-electron chi connectivity index (χ4n) is 2.15. The first-order valence-corrected chi connectivity index (χ1v) is 8.03. The highest BCUT2D eigenvalue weighted by molar-refractivity contribution is 9.10. The Morgan fingerprint density at radius 1 is 1.30 bits per heavy atom. The molecule has 0 aliphatic rings. The average Bonchev–Trinajstić information content (AvgIpc) is 2.86. The van der Waals surface area contributed by atoms with Crippen molar-refractivity contribution in [1.29, 1.82) is 0 Å². The second-order valence-corrected chi connectivity index (χ2v) is 5.91. The molecule has 0 radical (unpaired) electrons. The van der Waals surface area contributed by atoms with Crippen molar-refractivity contribution in [2.24, 2.45) is 4.99 Å². The van der Waals surface area contributed by atoms with Crippen LogP contribution in [0.2, 0.25) is 0 Å². The van der Waals surface area contributed by atoms with Crippen LogP contribution in [-0.4, -0.2) is 25.3 Å². The number of hydrogen-bond acceptors (Lipinski definition) is 4. The maximum absolute atomic E-state index is 5.23. The standard InChI is InChI=1S/C16H21BrN4O2/c1-10-13(11(2)23-21-10)9-20-16(18-3)19-8-12-5-6-15(22-4)14(17)7-12/h5-7H,8-9H2,1-4H3,(H2,18,19,20). The van der Waals surface area contributed by atoms with E-state index in [1.54, 1.807) is 14.2 Å². The number of methoxy groups -OCH3 is 1. The third-order valence-corrected chi connectivity index (χ3v) is 4.13. The van der Waals surface area contributed by atoms with Crippen LogP contribution < -0.4 is 15.4 Å². The molecule has 2 rings (SSSR count). The summed E-state index contributed by atoms with van der Waals surface area (Å²) in [5.74, 6) is 2.36. The maximum Gasteiger partial charge on any atom is 0.191 e. The third-order valence-electron chi connectivity index (χ3n) is 3.51. The zero-order chi connectivity index (χ0) is 16.8. The molecule has 0 amide bonds.